The summed E-state index contributed by atoms with van der Waals surface area (Å²) in [7, 11) is 1.30. The molecule has 4 heterocycles. The minimum Gasteiger partial charge on any atom is -0.453 e. The number of ether oxygens (including phenoxy) is 1. The molecule has 10 nitrogen and oxygen atoms in total. The van der Waals surface area contributed by atoms with Crippen LogP contribution in [0.3, 0.4) is 0 Å². The summed E-state index contributed by atoms with van der Waals surface area (Å²) in [5, 5.41) is 6.15. The molecule has 0 saturated carbocycles. The van der Waals surface area contributed by atoms with Crippen molar-refractivity contribution in [2.75, 3.05) is 20.2 Å². The number of alkyl carbamates (subject to hydrolysis) is 1. The lowest BCUT2D eigenvalue weighted by atomic mass is 9.94. The molecule has 2 aliphatic rings. The maximum absolute atomic E-state index is 13.6. The molecule has 2 aromatic heterocycles. The van der Waals surface area contributed by atoms with E-state index in [9.17, 15) is 9.59 Å². The van der Waals surface area contributed by atoms with Crippen molar-refractivity contribution in [1.82, 2.24) is 35.5 Å². The van der Waals surface area contributed by atoms with Gasteiger partial charge >= 0.3 is 6.09 Å². The Kier molecular flexibility index (Phi) is 15.0. The molecule has 2 fully saturated rings. The van der Waals surface area contributed by atoms with E-state index in [1.165, 1.54) is 7.11 Å². The predicted octanol–water partition coefficient (Wildman–Crippen LogP) is 6.91. The Morgan fingerprint density at radius 3 is 2.43 bits per heavy atom. The molecule has 0 spiro atoms. The lowest BCUT2D eigenvalue weighted by Gasteiger charge is -2.30. The summed E-state index contributed by atoms with van der Waals surface area (Å²) in [4.78, 5) is 43.4. The van der Waals surface area contributed by atoms with E-state index in [0.29, 0.717) is 6.54 Å². The molecule has 4 aromatic rings. The van der Waals surface area contributed by atoms with E-state index in [1.54, 1.807) is 6.20 Å². The highest BCUT2D eigenvalue weighted by atomic mass is 35.5. The first-order valence-corrected chi connectivity index (χ1v) is 16.5. The lowest BCUT2D eigenvalue weighted by Crippen LogP contribution is -2.51. The van der Waals surface area contributed by atoms with Crippen LogP contribution in [0.5, 0.6) is 0 Å². The number of aromatic nitrogens is 4. The molecule has 0 aliphatic carbocycles. The van der Waals surface area contributed by atoms with E-state index in [-0.39, 0.29) is 61.1 Å². The number of H-pyrrole nitrogens is 2. The zero-order valence-electron chi connectivity index (χ0n) is 29.0. The van der Waals surface area contributed by atoms with Crippen molar-refractivity contribution < 1.29 is 14.3 Å². The predicted molar refractivity (Wildman–Crippen MR) is 206 cm³/mol. The van der Waals surface area contributed by atoms with Gasteiger partial charge in [0.25, 0.3) is 0 Å². The molecule has 3 atom stereocenters. The number of nitrogens with zero attached hydrogens (tertiary/aromatic N) is 3. The van der Waals surface area contributed by atoms with Gasteiger partial charge in [0.05, 0.1) is 37.3 Å². The van der Waals surface area contributed by atoms with Crippen LogP contribution < -0.4 is 10.6 Å². The fourth-order valence-corrected chi connectivity index (χ4v) is 6.46. The Hall–Kier alpha value is -4.45. The van der Waals surface area contributed by atoms with E-state index < -0.39 is 12.1 Å². The van der Waals surface area contributed by atoms with Crippen molar-refractivity contribution >= 4 is 49.2 Å². The van der Waals surface area contributed by atoms with Crippen molar-refractivity contribution in [2.45, 2.75) is 64.6 Å². The smallest absolute Gasteiger partial charge is 0.407 e. The van der Waals surface area contributed by atoms with E-state index in [0.717, 1.165) is 83.1 Å². The maximum Gasteiger partial charge on any atom is 0.407 e. The Morgan fingerprint density at radius 1 is 0.941 bits per heavy atom. The molecule has 2 unspecified atom stereocenters. The number of likely N-dealkylation sites (tertiary alicyclic amines) is 1. The molecule has 6 rings (SSSR count). The number of aryl methyl sites for hydroxylation is 1. The number of nitrogens with one attached hydrogen (secondary N) is 4. The van der Waals surface area contributed by atoms with Gasteiger partial charge in [0.15, 0.2) is 0 Å². The number of halogens is 3. The maximum atomic E-state index is 13.6. The average Bonchev–Trinajstić information content (AvgIpc) is 3.92. The Labute approximate surface area is 318 Å². The first-order valence-electron chi connectivity index (χ1n) is 16.5. The topological polar surface area (TPSA) is 128 Å². The molecule has 2 aliphatic heterocycles. The van der Waals surface area contributed by atoms with Crippen LogP contribution in [0.25, 0.3) is 22.4 Å². The van der Waals surface area contributed by atoms with Gasteiger partial charge in [-0.3, -0.25) is 4.79 Å². The summed E-state index contributed by atoms with van der Waals surface area (Å²) < 4.78 is 4.77. The zero-order valence-corrected chi connectivity index (χ0v) is 31.5. The second kappa shape index (κ2) is 18.7. The molecule has 2 amide bonds. The summed E-state index contributed by atoms with van der Waals surface area (Å²) in [5.74, 6) is 13.8. The van der Waals surface area contributed by atoms with E-state index >= 15 is 0 Å². The van der Waals surface area contributed by atoms with Crippen LogP contribution in [-0.4, -0.2) is 63.1 Å². The molecule has 0 radical (unpaired) electrons. The Morgan fingerprint density at radius 2 is 1.71 bits per heavy atom. The number of methoxy groups -OCH3 is 1. The molecule has 13 heteroatoms. The molecular weight excluding hydrogens is 709 g/mol. The van der Waals surface area contributed by atoms with Gasteiger partial charge in [-0.2, -0.15) is 0 Å². The molecule has 4 N–H and O–H groups in total. The number of amides is 2. The number of aromatic amines is 2. The largest absolute Gasteiger partial charge is 0.453 e. The lowest BCUT2D eigenvalue weighted by molar-refractivity contribution is -0.135. The minimum absolute atomic E-state index is 0. The highest BCUT2D eigenvalue weighted by molar-refractivity contribution is 5.87. The molecule has 0 bridgehead atoms. The van der Waals surface area contributed by atoms with Crippen LogP contribution in [0.2, 0.25) is 0 Å². The summed E-state index contributed by atoms with van der Waals surface area (Å²) in [6.07, 6.45) is 6.82. The minimum atomic E-state index is -0.686. The second-order valence-electron chi connectivity index (χ2n) is 12.6. The van der Waals surface area contributed by atoms with Gasteiger partial charge < -0.3 is 30.2 Å². The summed E-state index contributed by atoms with van der Waals surface area (Å²) >= 11 is 0. The quantitative estimate of drug-likeness (QED) is 0.152. The molecule has 51 heavy (non-hydrogen) atoms. The van der Waals surface area contributed by atoms with Gasteiger partial charge in [-0.25, -0.2) is 14.8 Å². The number of benzene rings is 2. The van der Waals surface area contributed by atoms with E-state index in [4.69, 9.17) is 9.72 Å². The zero-order chi connectivity index (χ0) is 33.6. The SMILES string of the molecule is COC(=O)N[C@H](C(=O)N1CCCC1c1ncc(-c2ccc(C#CC#Cc3cnc(C4CCCN4)[nH]3)c(-c3ccccc3C)c2)[nH]1)C(C)C.Cl.Cl.Cl. The number of imidazole rings is 2. The van der Waals surface area contributed by atoms with Gasteiger partial charge in [-0.05, 0) is 91.7 Å². The fourth-order valence-electron chi connectivity index (χ4n) is 6.46. The summed E-state index contributed by atoms with van der Waals surface area (Å²) in [6, 6.07) is 13.8. The number of carbonyl (C=O) groups is 2. The molecule has 270 valence electrons. The van der Waals surface area contributed by atoms with Gasteiger partial charge in [-0.15, -0.1) is 37.2 Å². The molecular formula is C38H44Cl3N7O3. The average molecular weight is 753 g/mol. The van der Waals surface area contributed by atoms with Crippen LogP contribution in [0.4, 0.5) is 4.79 Å². The van der Waals surface area contributed by atoms with Crippen molar-refractivity contribution in [1.29, 1.82) is 0 Å². The fraction of sp³-hybridized carbons (Fsp3) is 0.368. The van der Waals surface area contributed by atoms with E-state index in [1.807, 2.05) is 49.2 Å². The van der Waals surface area contributed by atoms with Crippen molar-refractivity contribution in [3.63, 3.8) is 0 Å². The number of rotatable bonds is 7. The van der Waals surface area contributed by atoms with Crippen LogP contribution in [0.15, 0.2) is 54.9 Å². The van der Waals surface area contributed by atoms with Crippen LogP contribution in [0, 0.1) is 36.5 Å². The molecule has 2 aromatic carbocycles. The second-order valence-corrected chi connectivity index (χ2v) is 12.6. The van der Waals surface area contributed by atoms with Crippen LogP contribution in [0.1, 0.15) is 80.1 Å². The van der Waals surface area contributed by atoms with Gasteiger partial charge in [-0.1, -0.05) is 50.1 Å². The third kappa shape index (κ3) is 9.46. The highest BCUT2D eigenvalue weighted by Gasteiger charge is 2.37. The summed E-state index contributed by atoms with van der Waals surface area (Å²) in [5.41, 5.74) is 6.64. The highest BCUT2D eigenvalue weighted by Crippen LogP contribution is 2.35. The van der Waals surface area contributed by atoms with Crippen LogP contribution in [-0.2, 0) is 9.53 Å². The normalized spacial score (nSPS) is 16.7. The van der Waals surface area contributed by atoms with Gasteiger partial charge in [0.1, 0.15) is 23.4 Å². The standard InChI is InChI=1S/C38H41N7O3.3ClH/c1-24(2)34(44-38(47)48-4)37(46)45-20-10-16-33(45)36-41-23-32(43-36)27-18-17-26(30(21-27)29-14-8-5-11-25(29)3)12-6-7-13-28-22-40-35(42-28)31-15-9-19-39-31;;;/h5,8,11,14,17-18,21-24,31,33-34,39H,9-10,15-16,19-20H2,1-4H3,(H,40,42)(H,41,43)(H,44,47);3*1H/t31?,33?,34-;;;/m0.../s1. The molecule has 2 saturated heterocycles. The number of carbonyl (C=O) groups excluding carboxylic acids is 2. The number of hydrogen-bond acceptors (Lipinski definition) is 6. The third-order valence-electron chi connectivity index (χ3n) is 9.05. The Balaban J connectivity index is 0.00000234. The Bertz CT molecular complexity index is 1930. The number of hydrogen-bond donors (Lipinski definition) is 4. The van der Waals surface area contributed by atoms with Crippen molar-refractivity contribution in [3.05, 3.63) is 83.3 Å². The third-order valence-corrected chi connectivity index (χ3v) is 9.05. The van der Waals surface area contributed by atoms with Gasteiger partial charge in [0.2, 0.25) is 5.91 Å². The first kappa shape index (κ1) is 41.0. The van der Waals surface area contributed by atoms with E-state index in [2.05, 4.69) is 74.4 Å². The summed E-state index contributed by atoms with van der Waals surface area (Å²) in [6.45, 7) is 7.51. The monoisotopic (exact) mass is 751 g/mol. The first-order chi connectivity index (χ1) is 23.3. The van der Waals surface area contributed by atoms with Gasteiger partial charge in [0, 0.05) is 17.7 Å². The van der Waals surface area contributed by atoms with Crippen molar-refractivity contribution in [3.8, 4) is 46.1 Å². The van der Waals surface area contributed by atoms with Crippen LogP contribution >= 0.6 is 37.2 Å². The van der Waals surface area contributed by atoms with Crippen molar-refractivity contribution in [2.24, 2.45) is 5.92 Å².